The minimum atomic E-state index is -3.01. The number of fused-ring (bicyclic) bond motifs is 1. The van der Waals surface area contributed by atoms with Gasteiger partial charge in [0, 0.05) is 17.0 Å². The van der Waals surface area contributed by atoms with Gasteiger partial charge in [0.25, 0.3) is 5.56 Å². The van der Waals surface area contributed by atoms with Crippen LogP contribution in [0.2, 0.25) is 0 Å². The molecular weight excluding hydrogens is 497 g/mol. The van der Waals surface area contributed by atoms with Crippen molar-refractivity contribution in [2.24, 2.45) is 0 Å². The second kappa shape index (κ2) is 8.89. The van der Waals surface area contributed by atoms with Crippen molar-refractivity contribution in [2.45, 2.75) is 19.1 Å². The van der Waals surface area contributed by atoms with E-state index >= 15 is 0 Å². The molecule has 2 atom stereocenters. The van der Waals surface area contributed by atoms with Crippen LogP contribution in [0.4, 0.5) is 19.1 Å². The highest BCUT2D eigenvalue weighted by Gasteiger charge is 2.37. The number of anilines is 1. The van der Waals surface area contributed by atoms with E-state index in [0.29, 0.717) is 11.1 Å². The minimum absolute atomic E-state index is 0.126. The van der Waals surface area contributed by atoms with Crippen LogP contribution in [0.25, 0.3) is 28.0 Å². The Labute approximate surface area is 204 Å². The monoisotopic (exact) mass is 518 g/mol. The number of hydrogen-bond donors (Lipinski definition) is 4. The number of rotatable bonds is 4. The Hall–Kier alpha value is -3.45. The molecular formula is C24H21F3N4O4S. The van der Waals surface area contributed by atoms with E-state index in [1.54, 1.807) is 6.92 Å². The van der Waals surface area contributed by atoms with Crippen LogP contribution in [-0.4, -0.2) is 52.4 Å². The van der Waals surface area contributed by atoms with Crippen molar-refractivity contribution in [1.29, 1.82) is 0 Å². The van der Waals surface area contributed by atoms with Crippen LogP contribution in [0.3, 0.4) is 0 Å². The zero-order valence-corrected chi connectivity index (χ0v) is 19.6. The number of nitrogens with zero attached hydrogens (tertiary/aromatic N) is 3. The van der Waals surface area contributed by atoms with Gasteiger partial charge < -0.3 is 10.4 Å². The number of benzene rings is 2. The highest BCUT2D eigenvalue weighted by molar-refractivity contribution is 8.24. The summed E-state index contributed by atoms with van der Waals surface area (Å²) < 4.78 is 64.1. The maximum absolute atomic E-state index is 14.8. The number of aliphatic hydroxyl groups is 1. The zero-order valence-electron chi connectivity index (χ0n) is 18.8. The van der Waals surface area contributed by atoms with Crippen LogP contribution < -0.4 is 10.9 Å². The first kappa shape index (κ1) is 24.3. The Morgan fingerprint density at radius 2 is 1.75 bits per heavy atom. The van der Waals surface area contributed by atoms with Crippen molar-refractivity contribution in [3.63, 3.8) is 0 Å². The van der Waals surface area contributed by atoms with Crippen LogP contribution in [0.15, 0.2) is 53.3 Å². The average Bonchev–Trinajstić information content (AvgIpc) is 3.05. The lowest BCUT2D eigenvalue weighted by atomic mass is 10.0. The van der Waals surface area contributed by atoms with Gasteiger partial charge in [0.2, 0.25) is 5.95 Å². The average molecular weight is 519 g/mol. The Morgan fingerprint density at radius 1 is 1.03 bits per heavy atom. The third kappa shape index (κ3) is 4.32. The number of aryl methyl sites for hydroxylation is 1. The first-order valence-corrected chi connectivity index (χ1v) is 12.8. The highest BCUT2D eigenvalue weighted by Crippen LogP contribution is 2.46. The number of hydrogen-bond acceptors (Lipinski definition) is 7. The summed E-state index contributed by atoms with van der Waals surface area (Å²) in [7, 11) is -3.01. The Morgan fingerprint density at radius 3 is 2.39 bits per heavy atom. The van der Waals surface area contributed by atoms with Crippen LogP contribution in [0.5, 0.6) is 0 Å². The van der Waals surface area contributed by atoms with E-state index in [0.717, 1.165) is 22.8 Å². The molecule has 36 heavy (non-hydrogen) atoms. The van der Waals surface area contributed by atoms with Crippen molar-refractivity contribution in [3.05, 3.63) is 81.9 Å². The molecule has 1 saturated heterocycles. The normalized spacial score (nSPS) is 20.0. The molecule has 0 bridgehead atoms. The number of aliphatic hydroxyl groups excluding tert-OH is 1. The fraction of sp³-hybridized carbons (Fsp3) is 0.208. The van der Waals surface area contributed by atoms with Crippen LogP contribution in [-0.2, 0) is 0 Å². The first-order chi connectivity index (χ1) is 17.0. The molecule has 2 aromatic carbocycles. The molecule has 1 aliphatic heterocycles. The molecule has 0 spiro atoms. The van der Waals surface area contributed by atoms with Crippen LogP contribution in [0, 0.1) is 24.4 Å². The lowest BCUT2D eigenvalue weighted by molar-refractivity contribution is 0.189. The summed E-state index contributed by atoms with van der Waals surface area (Å²) in [6, 6.07) is 8.90. The largest absolute Gasteiger partial charge is 0.389 e. The van der Waals surface area contributed by atoms with Crippen molar-refractivity contribution in [1.82, 2.24) is 14.5 Å². The summed E-state index contributed by atoms with van der Waals surface area (Å²) in [6.45, 7) is 1.65. The second-order valence-electron chi connectivity index (χ2n) is 8.62. The predicted octanol–water partition coefficient (Wildman–Crippen LogP) is 4.08. The van der Waals surface area contributed by atoms with E-state index in [-0.39, 0.29) is 34.2 Å². The first-order valence-electron chi connectivity index (χ1n) is 10.9. The van der Waals surface area contributed by atoms with Crippen molar-refractivity contribution >= 4 is 27.6 Å². The number of halogens is 3. The van der Waals surface area contributed by atoms with Crippen molar-refractivity contribution in [3.8, 4) is 16.9 Å². The maximum Gasteiger partial charge on any atom is 0.256 e. The number of aromatic nitrogens is 3. The lowest BCUT2D eigenvalue weighted by Crippen LogP contribution is -2.33. The van der Waals surface area contributed by atoms with Crippen molar-refractivity contribution in [2.75, 3.05) is 16.8 Å². The SMILES string of the molecule is Cc1cc(F)ccc1-c1nc(N[C@@H]2CS(O)(O)C[C@H]2O)nc2c1ccc(=O)n2-c1c(F)cccc1F. The van der Waals surface area contributed by atoms with Gasteiger partial charge in [0.1, 0.15) is 23.1 Å². The summed E-state index contributed by atoms with van der Waals surface area (Å²) in [5.41, 5.74) is -0.304. The second-order valence-corrected chi connectivity index (χ2v) is 10.9. The van der Waals surface area contributed by atoms with Gasteiger partial charge >= 0.3 is 0 Å². The van der Waals surface area contributed by atoms with Gasteiger partial charge in [-0.3, -0.25) is 18.5 Å². The summed E-state index contributed by atoms with van der Waals surface area (Å²) in [6.07, 6.45) is -1.12. The molecule has 8 nitrogen and oxygen atoms in total. The Kier molecular flexibility index (Phi) is 5.99. The summed E-state index contributed by atoms with van der Waals surface area (Å²) in [4.78, 5) is 21.7. The smallest absolute Gasteiger partial charge is 0.256 e. The third-order valence-electron chi connectivity index (χ3n) is 6.02. The minimum Gasteiger partial charge on any atom is -0.389 e. The topological polar surface area (TPSA) is 121 Å². The van der Waals surface area contributed by atoms with Gasteiger partial charge in [0.05, 0.1) is 29.3 Å². The molecule has 0 unspecified atom stereocenters. The van der Waals surface area contributed by atoms with Gasteiger partial charge in [-0.1, -0.05) is 6.07 Å². The molecule has 0 aliphatic carbocycles. The van der Waals surface area contributed by atoms with Gasteiger partial charge in [-0.2, -0.15) is 15.6 Å². The van der Waals surface area contributed by atoms with E-state index in [1.807, 2.05) is 0 Å². The molecule has 0 saturated carbocycles. The molecule has 5 rings (SSSR count). The molecule has 188 valence electrons. The van der Waals surface area contributed by atoms with E-state index in [9.17, 15) is 32.2 Å². The number of para-hydroxylation sites is 1. The number of pyridine rings is 1. The summed E-state index contributed by atoms with van der Waals surface area (Å²) in [5, 5.41) is 13.4. The van der Waals surface area contributed by atoms with Crippen molar-refractivity contribution < 1.29 is 27.4 Å². The molecule has 0 amide bonds. The predicted molar refractivity (Wildman–Crippen MR) is 131 cm³/mol. The fourth-order valence-electron chi connectivity index (χ4n) is 4.36. The van der Waals surface area contributed by atoms with Gasteiger partial charge in [0.15, 0.2) is 5.65 Å². The maximum atomic E-state index is 14.8. The Bertz CT molecular complexity index is 1540. The zero-order chi connectivity index (χ0) is 25.8. The third-order valence-corrected chi connectivity index (χ3v) is 7.79. The molecule has 0 radical (unpaired) electrons. The van der Waals surface area contributed by atoms with E-state index in [2.05, 4.69) is 15.3 Å². The van der Waals surface area contributed by atoms with Gasteiger partial charge in [-0.25, -0.2) is 18.2 Å². The van der Waals surface area contributed by atoms with E-state index in [4.69, 9.17) is 0 Å². The molecule has 2 aromatic heterocycles. The number of nitrogens with one attached hydrogen (secondary N) is 1. The summed E-state index contributed by atoms with van der Waals surface area (Å²) in [5.74, 6) is -2.97. The molecule has 1 aliphatic rings. The standard InChI is InChI=1S/C24H21F3N4O4S/c1-12-9-13(25)5-6-14(12)21-15-7-8-20(33)31(22-16(26)3-2-4-17(22)27)23(15)30-24(29-21)28-18-10-36(34,35)11-19(18)32/h2-9,18-19,32,34-35H,10-11H2,1H3,(H,28,29,30)/t18-,19-/m1/s1. The highest BCUT2D eigenvalue weighted by atomic mass is 32.3. The van der Waals surface area contributed by atoms with Gasteiger partial charge in [-0.15, -0.1) is 0 Å². The Balaban J connectivity index is 1.80. The lowest BCUT2D eigenvalue weighted by Gasteiger charge is -2.25. The molecule has 12 heteroatoms. The fourth-order valence-corrected chi connectivity index (χ4v) is 6.15. The summed E-state index contributed by atoms with van der Waals surface area (Å²) >= 11 is 0. The quantitative estimate of drug-likeness (QED) is 0.321. The molecule has 3 heterocycles. The van der Waals surface area contributed by atoms with Crippen LogP contribution >= 0.6 is 10.6 Å². The molecule has 4 aromatic rings. The molecule has 4 N–H and O–H groups in total. The van der Waals surface area contributed by atoms with Crippen LogP contribution in [0.1, 0.15) is 5.56 Å². The van der Waals surface area contributed by atoms with Gasteiger partial charge in [-0.05, 0) is 48.9 Å². The van der Waals surface area contributed by atoms with E-state index in [1.165, 1.54) is 30.3 Å². The molecule has 1 fully saturated rings. The van der Waals surface area contributed by atoms with E-state index < -0.39 is 51.4 Å².